The third-order valence-corrected chi connectivity index (χ3v) is 3.45. The quantitative estimate of drug-likeness (QED) is 0.646. The van der Waals surface area contributed by atoms with Crippen LogP contribution in [0.4, 0.5) is 19.0 Å². The number of benzene rings is 1. The lowest BCUT2D eigenvalue weighted by Gasteiger charge is -2.10. The lowest BCUT2D eigenvalue weighted by molar-refractivity contribution is -0.153. The number of nitrogens with zero attached hydrogens (tertiary/aromatic N) is 3. The van der Waals surface area contributed by atoms with Crippen LogP contribution in [-0.4, -0.2) is 33.6 Å². The highest BCUT2D eigenvalue weighted by Gasteiger charge is 2.28. The maximum Gasteiger partial charge on any atom is 0.422 e. The van der Waals surface area contributed by atoms with Gasteiger partial charge in [-0.25, -0.2) is 15.0 Å². The average Bonchev–Trinajstić information content (AvgIpc) is 2.67. The van der Waals surface area contributed by atoms with E-state index in [0.717, 1.165) is 6.20 Å². The van der Waals surface area contributed by atoms with Gasteiger partial charge in [0, 0.05) is 17.7 Å². The molecule has 0 bridgehead atoms. The van der Waals surface area contributed by atoms with E-state index in [2.05, 4.69) is 19.7 Å². The highest BCUT2D eigenvalue weighted by molar-refractivity contribution is 5.91. The third-order valence-electron chi connectivity index (χ3n) is 3.45. The third kappa shape index (κ3) is 5.54. The molecule has 4 N–H and O–H groups in total. The lowest BCUT2D eigenvalue weighted by Crippen LogP contribution is -2.19. The van der Waals surface area contributed by atoms with Gasteiger partial charge in [-0.1, -0.05) is 0 Å². The molecule has 0 saturated heterocycles. The Morgan fingerprint density at radius 2 is 1.72 bits per heavy atom. The summed E-state index contributed by atoms with van der Waals surface area (Å²) >= 11 is 0. The molecule has 150 valence electrons. The van der Waals surface area contributed by atoms with Crippen LogP contribution in [0.1, 0.15) is 10.5 Å². The second kappa shape index (κ2) is 8.00. The number of carbonyl (C=O) groups excluding carboxylic acids is 1. The van der Waals surface area contributed by atoms with Gasteiger partial charge in [-0.15, -0.1) is 0 Å². The second-order valence-electron chi connectivity index (χ2n) is 5.73. The number of halogens is 3. The van der Waals surface area contributed by atoms with E-state index in [9.17, 15) is 18.0 Å². The molecule has 0 aliphatic rings. The first kappa shape index (κ1) is 19.9. The summed E-state index contributed by atoms with van der Waals surface area (Å²) in [5, 5.41) is 0. The SMILES string of the molecule is NC(=O)c1cc(N)nc(-c2ccc(Oc3ccc(OCC(F)(F)F)cn3)cc2)n1. The van der Waals surface area contributed by atoms with Gasteiger partial charge in [-0.05, 0) is 30.3 Å². The number of hydrogen-bond acceptors (Lipinski definition) is 7. The largest absolute Gasteiger partial charge is 0.483 e. The van der Waals surface area contributed by atoms with Crippen molar-refractivity contribution in [3.8, 4) is 28.8 Å². The van der Waals surface area contributed by atoms with Crippen LogP contribution < -0.4 is 20.9 Å². The number of amides is 1. The molecule has 11 heteroatoms. The van der Waals surface area contributed by atoms with Crippen LogP contribution in [0, 0.1) is 0 Å². The number of rotatable bonds is 6. The van der Waals surface area contributed by atoms with Crippen molar-refractivity contribution >= 4 is 11.7 Å². The Labute approximate surface area is 162 Å². The van der Waals surface area contributed by atoms with Gasteiger partial charge < -0.3 is 20.9 Å². The van der Waals surface area contributed by atoms with Crippen LogP contribution in [0.2, 0.25) is 0 Å². The van der Waals surface area contributed by atoms with Gasteiger partial charge in [0.1, 0.15) is 23.0 Å². The molecule has 29 heavy (non-hydrogen) atoms. The van der Waals surface area contributed by atoms with E-state index in [1.54, 1.807) is 24.3 Å². The van der Waals surface area contributed by atoms with Crippen LogP contribution in [0.25, 0.3) is 11.4 Å². The van der Waals surface area contributed by atoms with Crippen molar-refractivity contribution in [2.45, 2.75) is 6.18 Å². The predicted molar refractivity (Wildman–Crippen MR) is 96.3 cm³/mol. The smallest absolute Gasteiger partial charge is 0.422 e. The van der Waals surface area contributed by atoms with Gasteiger partial charge >= 0.3 is 6.18 Å². The monoisotopic (exact) mass is 405 g/mol. The maximum absolute atomic E-state index is 12.1. The minimum atomic E-state index is -4.43. The van der Waals surface area contributed by atoms with E-state index in [4.69, 9.17) is 16.2 Å². The number of hydrogen-bond donors (Lipinski definition) is 2. The van der Waals surface area contributed by atoms with Crippen molar-refractivity contribution in [2.24, 2.45) is 5.73 Å². The number of carbonyl (C=O) groups is 1. The minimum Gasteiger partial charge on any atom is -0.483 e. The van der Waals surface area contributed by atoms with Gasteiger partial charge in [0.25, 0.3) is 5.91 Å². The number of anilines is 1. The van der Waals surface area contributed by atoms with Gasteiger partial charge in [0.05, 0.1) is 6.20 Å². The number of aromatic nitrogens is 3. The molecule has 2 heterocycles. The summed E-state index contributed by atoms with van der Waals surface area (Å²) in [6.45, 7) is -1.40. The molecule has 1 amide bonds. The Hall–Kier alpha value is -3.89. The van der Waals surface area contributed by atoms with E-state index >= 15 is 0 Å². The van der Waals surface area contributed by atoms with Gasteiger partial charge in [-0.3, -0.25) is 4.79 Å². The maximum atomic E-state index is 12.1. The first-order chi connectivity index (χ1) is 13.7. The molecule has 8 nitrogen and oxygen atoms in total. The minimum absolute atomic E-state index is 0.00939. The molecule has 0 unspecified atom stereocenters. The van der Waals surface area contributed by atoms with E-state index < -0.39 is 18.7 Å². The Bertz CT molecular complexity index is 1010. The normalized spacial score (nSPS) is 11.1. The molecule has 0 fully saturated rings. The fraction of sp³-hybridized carbons (Fsp3) is 0.111. The summed E-state index contributed by atoms with van der Waals surface area (Å²) in [5.74, 6) is 0.122. The Morgan fingerprint density at radius 1 is 1.03 bits per heavy atom. The van der Waals surface area contributed by atoms with Gasteiger partial charge in [0.2, 0.25) is 5.88 Å². The zero-order valence-corrected chi connectivity index (χ0v) is 14.7. The summed E-state index contributed by atoms with van der Waals surface area (Å²) in [7, 11) is 0. The first-order valence-corrected chi connectivity index (χ1v) is 8.08. The number of pyridine rings is 1. The Morgan fingerprint density at radius 3 is 2.31 bits per heavy atom. The predicted octanol–water partition coefficient (Wildman–Crippen LogP) is 2.95. The summed E-state index contributed by atoms with van der Waals surface area (Å²) in [6.07, 6.45) is -3.30. The fourth-order valence-corrected chi connectivity index (χ4v) is 2.19. The Kier molecular flexibility index (Phi) is 5.48. The lowest BCUT2D eigenvalue weighted by atomic mass is 10.2. The zero-order chi connectivity index (χ0) is 21.0. The Balaban J connectivity index is 1.69. The van der Waals surface area contributed by atoms with E-state index in [0.29, 0.717) is 11.3 Å². The molecule has 0 aliphatic heterocycles. The molecular weight excluding hydrogens is 391 g/mol. The zero-order valence-electron chi connectivity index (χ0n) is 14.7. The molecule has 0 saturated carbocycles. The molecule has 1 aromatic carbocycles. The summed E-state index contributed by atoms with van der Waals surface area (Å²) in [4.78, 5) is 23.3. The van der Waals surface area contributed by atoms with Crippen molar-refractivity contribution in [2.75, 3.05) is 12.3 Å². The van der Waals surface area contributed by atoms with Crippen molar-refractivity contribution in [3.63, 3.8) is 0 Å². The van der Waals surface area contributed by atoms with E-state index in [1.807, 2.05) is 0 Å². The molecule has 0 atom stereocenters. The van der Waals surface area contributed by atoms with Crippen LogP contribution >= 0.6 is 0 Å². The molecule has 3 rings (SSSR count). The molecule has 0 radical (unpaired) electrons. The fourth-order valence-electron chi connectivity index (χ4n) is 2.19. The first-order valence-electron chi connectivity index (χ1n) is 8.08. The van der Waals surface area contributed by atoms with E-state index in [-0.39, 0.29) is 29.0 Å². The number of nitrogens with two attached hydrogens (primary N) is 2. The molecule has 0 spiro atoms. The second-order valence-corrected chi connectivity index (χ2v) is 5.73. The number of nitrogen functional groups attached to an aromatic ring is 1. The van der Waals surface area contributed by atoms with Crippen molar-refractivity contribution < 1.29 is 27.4 Å². The number of alkyl halides is 3. The van der Waals surface area contributed by atoms with Crippen molar-refractivity contribution in [1.82, 2.24) is 15.0 Å². The van der Waals surface area contributed by atoms with Crippen LogP contribution in [0.5, 0.6) is 17.4 Å². The average molecular weight is 405 g/mol. The molecular formula is C18H14F3N5O3. The molecule has 3 aromatic rings. The van der Waals surface area contributed by atoms with Gasteiger partial charge in [-0.2, -0.15) is 13.2 Å². The summed E-state index contributed by atoms with van der Waals surface area (Å²) in [5.41, 5.74) is 11.4. The van der Waals surface area contributed by atoms with E-state index in [1.165, 1.54) is 18.2 Å². The van der Waals surface area contributed by atoms with Crippen LogP contribution in [-0.2, 0) is 0 Å². The summed E-state index contributed by atoms with van der Waals surface area (Å²) in [6, 6.07) is 10.4. The van der Waals surface area contributed by atoms with Gasteiger partial charge in [0.15, 0.2) is 12.4 Å². The standard InChI is InChI=1S/C18H14F3N5O3/c19-18(20,21)9-28-12-5-6-15(24-8-12)29-11-3-1-10(2-4-11)17-25-13(16(23)27)7-14(22)26-17/h1-8H,9H2,(H2,23,27)(H2,22,25,26). The van der Waals surface area contributed by atoms with Crippen molar-refractivity contribution in [1.29, 1.82) is 0 Å². The highest BCUT2D eigenvalue weighted by Crippen LogP contribution is 2.25. The molecule has 2 aromatic heterocycles. The number of ether oxygens (including phenoxy) is 2. The summed E-state index contributed by atoms with van der Waals surface area (Å²) < 4.78 is 46.5. The topological polar surface area (TPSA) is 126 Å². The highest BCUT2D eigenvalue weighted by atomic mass is 19.4. The van der Waals surface area contributed by atoms with Crippen LogP contribution in [0.15, 0.2) is 48.7 Å². The van der Waals surface area contributed by atoms with Crippen LogP contribution in [0.3, 0.4) is 0 Å². The van der Waals surface area contributed by atoms with Crippen molar-refractivity contribution in [3.05, 3.63) is 54.4 Å². The number of primary amides is 1. The molecule has 0 aliphatic carbocycles.